The lowest BCUT2D eigenvalue weighted by Crippen LogP contribution is -2.42. The third kappa shape index (κ3) is 5.56. The molecule has 0 saturated carbocycles. The normalized spacial score (nSPS) is 14.6. The van der Waals surface area contributed by atoms with Crippen LogP contribution in [-0.4, -0.2) is 36.3 Å². The van der Waals surface area contributed by atoms with Crippen molar-refractivity contribution in [3.05, 3.63) is 46.3 Å². The number of aromatic nitrogens is 1. The molecular formula is C25H33N3O5. The van der Waals surface area contributed by atoms with E-state index in [0.29, 0.717) is 53.6 Å². The highest BCUT2D eigenvalue weighted by molar-refractivity contribution is 6.05. The van der Waals surface area contributed by atoms with Gasteiger partial charge in [0, 0.05) is 23.2 Å². The van der Waals surface area contributed by atoms with Crippen molar-refractivity contribution in [2.24, 2.45) is 11.3 Å². The lowest BCUT2D eigenvalue weighted by molar-refractivity contribution is 0.0843. The van der Waals surface area contributed by atoms with Gasteiger partial charge in [0.05, 0.1) is 13.7 Å². The Bertz CT molecular complexity index is 1070. The Balaban J connectivity index is 1.66. The number of hydrogen-bond donors (Lipinski definition) is 3. The van der Waals surface area contributed by atoms with E-state index in [2.05, 4.69) is 29.7 Å². The molecule has 1 aromatic carbocycles. The molecule has 2 amide bonds. The van der Waals surface area contributed by atoms with Gasteiger partial charge in [-0.2, -0.15) is 0 Å². The number of H-pyrrole nitrogens is 1. The number of hydrazine groups is 1. The molecule has 2 aromatic rings. The minimum Gasteiger partial charge on any atom is -0.493 e. The lowest BCUT2D eigenvalue weighted by Gasteiger charge is -2.28. The number of nitrogens with one attached hydrogen (secondary N) is 3. The minimum absolute atomic E-state index is 0.0286. The van der Waals surface area contributed by atoms with Crippen molar-refractivity contribution in [1.29, 1.82) is 0 Å². The van der Waals surface area contributed by atoms with Gasteiger partial charge in [-0.05, 0) is 54.9 Å². The minimum atomic E-state index is -0.513. The van der Waals surface area contributed by atoms with Gasteiger partial charge < -0.3 is 14.5 Å². The molecule has 1 heterocycles. The summed E-state index contributed by atoms with van der Waals surface area (Å²) in [6, 6.07) is 4.84. The summed E-state index contributed by atoms with van der Waals surface area (Å²) < 4.78 is 11.1. The zero-order chi connectivity index (χ0) is 24.3. The third-order valence-electron chi connectivity index (χ3n) is 5.80. The number of hydrogen-bond acceptors (Lipinski definition) is 5. The number of ketones is 1. The third-order valence-corrected chi connectivity index (χ3v) is 5.80. The van der Waals surface area contributed by atoms with Gasteiger partial charge in [0.1, 0.15) is 5.69 Å². The van der Waals surface area contributed by atoms with Gasteiger partial charge in [0.2, 0.25) is 0 Å². The summed E-state index contributed by atoms with van der Waals surface area (Å²) in [6.45, 7) is 10.6. The molecule has 8 heteroatoms. The highest BCUT2D eigenvalue weighted by Gasteiger charge is 2.35. The van der Waals surface area contributed by atoms with Crippen LogP contribution < -0.4 is 20.3 Å². The van der Waals surface area contributed by atoms with E-state index in [1.807, 2.05) is 13.8 Å². The number of methoxy groups -OCH3 is 1. The zero-order valence-electron chi connectivity index (χ0n) is 20.2. The molecule has 1 aliphatic carbocycles. The largest absolute Gasteiger partial charge is 0.493 e. The summed E-state index contributed by atoms with van der Waals surface area (Å²) in [5.41, 5.74) is 7.23. The van der Waals surface area contributed by atoms with Crippen LogP contribution in [0, 0.1) is 18.3 Å². The fourth-order valence-corrected chi connectivity index (χ4v) is 4.04. The van der Waals surface area contributed by atoms with Crippen LogP contribution in [0.4, 0.5) is 0 Å². The monoisotopic (exact) mass is 455 g/mol. The summed E-state index contributed by atoms with van der Waals surface area (Å²) in [7, 11) is 1.51. The summed E-state index contributed by atoms with van der Waals surface area (Å²) in [5, 5.41) is 0. The van der Waals surface area contributed by atoms with Gasteiger partial charge in [-0.15, -0.1) is 0 Å². The highest BCUT2D eigenvalue weighted by atomic mass is 16.5. The van der Waals surface area contributed by atoms with E-state index in [1.54, 1.807) is 25.1 Å². The lowest BCUT2D eigenvalue weighted by atomic mass is 9.75. The zero-order valence-corrected chi connectivity index (χ0v) is 20.2. The van der Waals surface area contributed by atoms with Crippen molar-refractivity contribution in [1.82, 2.24) is 15.8 Å². The van der Waals surface area contributed by atoms with Gasteiger partial charge in [-0.1, -0.05) is 27.7 Å². The van der Waals surface area contributed by atoms with E-state index in [1.165, 1.54) is 7.11 Å². The number of carbonyl (C=O) groups excluding carboxylic acids is 3. The van der Waals surface area contributed by atoms with Crippen LogP contribution >= 0.6 is 0 Å². The summed E-state index contributed by atoms with van der Waals surface area (Å²) in [4.78, 5) is 41.0. The molecule has 0 aliphatic heterocycles. The second-order valence-corrected chi connectivity index (χ2v) is 9.72. The van der Waals surface area contributed by atoms with Crippen LogP contribution in [0.15, 0.2) is 18.2 Å². The van der Waals surface area contributed by atoms with Crippen LogP contribution in [0.25, 0.3) is 0 Å². The second kappa shape index (κ2) is 9.68. The van der Waals surface area contributed by atoms with Crippen molar-refractivity contribution >= 4 is 17.6 Å². The van der Waals surface area contributed by atoms with Gasteiger partial charge >= 0.3 is 0 Å². The molecule has 0 unspecified atom stereocenters. The molecule has 0 saturated heterocycles. The molecule has 0 atom stereocenters. The van der Waals surface area contributed by atoms with E-state index in [-0.39, 0.29) is 16.9 Å². The smallest absolute Gasteiger partial charge is 0.286 e. The molecule has 1 aliphatic rings. The molecule has 3 N–H and O–H groups in total. The number of benzene rings is 1. The van der Waals surface area contributed by atoms with Crippen LogP contribution in [0.3, 0.4) is 0 Å². The van der Waals surface area contributed by atoms with Gasteiger partial charge in [-0.25, -0.2) is 0 Å². The number of Topliss-reactive ketones (excluding diaryl/α,β-unsaturated/α-hetero) is 1. The van der Waals surface area contributed by atoms with Crippen molar-refractivity contribution in [3.8, 4) is 11.5 Å². The first-order valence-electron chi connectivity index (χ1n) is 11.2. The number of aromatic amines is 1. The van der Waals surface area contributed by atoms with Crippen molar-refractivity contribution in [2.75, 3.05) is 13.7 Å². The topological polar surface area (TPSA) is 110 Å². The average molecular weight is 456 g/mol. The van der Waals surface area contributed by atoms with E-state index >= 15 is 0 Å². The molecule has 0 bridgehead atoms. The molecule has 33 heavy (non-hydrogen) atoms. The summed E-state index contributed by atoms with van der Waals surface area (Å²) >= 11 is 0. The SMILES string of the molecule is COc1cc(C(=O)NNC(=O)c2[nH]c3c(c2C)C(=O)CC(C)(C)C3)ccc1OCCC(C)C. The van der Waals surface area contributed by atoms with E-state index in [9.17, 15) is 14.4 Å². The maximum absolute atomic E-state index is 12.7. The van der Waals surface area contributed by atoms with Crippen molar-refractivity contribution in [3.63, 3.8) is 0 Å². The van der Waals surface area contributed by atoms with E-state index in [4.69, 9.17) is 9.47 Å². The maximum Gasteiger partial charge on any atom is 0.286 e. The van der Waals surface area contributed by atoms with Crippen LogP contribution in [0.1, 0.15) is 83.0 Å². The Hall–Kier alpha value is -3.29. The Morgan fingerprint density at radius 2 is 1.82 bits per heavy atom. The number of ether oxygens (including phenoxy) is 2. The fourth-order valence-electron chi connectivity index (χ4n) is 4.04. The quantitative estimate of drug-likeness (QED) is 0.547. The number of carbonyl (C=O) groups is 3. The number of fused-ring (bicyclic) bond motifs is 1. The first kappa shape index (κ1) is 24.4. The number of rotatable bonds is 7. The molecule has 0 spiro atoms. The molecule has 0 fully saturated rings. The highest BCUT2D eigenvalue weighted by Crippen LogP contribution is 2.36. The van der Waals surface area contributed by atoms with Crippen LogP contribution in [-0.2, 0) is 6.42 Å². The molecule has 8 nitrogen and oxygen atoms in total. The predicted molar refractivity (Wildman–Crippen MR) is 125 cm³/mol. The van der Waals surface area contributed by atoms with Crippen LogP contribution in [0.2, 0.25) is 0 Å². The van der Waals surface area contributed by atoms with Gasteiger partial charge in [-0.3, -0.25) is 25.2 Å². The summed E-state index contributed by atoms with van der Waals surface area (Å²) in [5.74, 6) is 0.526. The predicted octanol–water partition coefficient (Wildman–Crippen LogP) is 3.99. The molecule has 3 rings (SSSR count). The Morgan fingerprint density at radius 3 is 2.48 bits per heavy atom. The maximum atomic E-state index is 12.7. The van der Waals surface area contributed by atoms with Gasteiger partial charge in [0.15, 0.2) is 17.3 Å². The first-order valence-corrected chi connectivity index (χ1v) is 11.2. The van der Waals surface area contributed by atoms with Crippen molar-refractivity contribution < 1.29 is 23.9 Å². The second-order valence-electron chi connectivity index (χ2n) is 9.72. The standard InChI is InChI=1S/C25H33N3O5/c1-14(2)9-10-33-19-8-7-16(11-20(19)32-6)23(30)27-28-24(31)22-15(3)21-17(26-22)12-25(4,5)13-18(21)29/h7-8,11,14,26H,9-10,12-13H2,1-6H3,(H,27,30)(H,28,31). The van der Waals surface area contributed by atoms with Crippen molar-refractivity contribution in [2.45, 2.75) is 53.9 Å². The summed E-state index contributed by atoms with van der Waals surface area (Å²) in [6.07, 6.45) is 2.03. The average Bonchev–Trinajstić information content (AvgIpc) is 3.06. The first-order chi connectivity index (χ1) is 15.5. The van der Waals surface area contributed by atoms with Crippen LogP contribution in [0.5, 0.6) is 11.5 Å². The molecular weight excluding hydrogens is 422 g/mol. The Kier molecular flexibility index (Phi) is 7.15. The molecule has 0 radical (unpaired) electrons. The van der Waals surface area contributed by atoms with E-state index < -0.39 is 11.8 Å². The van der Waals surface area contributed by atoms with E-state index in [0.717, 1.165) is 12.1 Å². The Labute approximate surface area is 194 Å². The molecule has 1 aromatic heterocycles. The molecule has 178 valence electrons. The Morgan fingerprint density at radius 1 is 1.12 bits per heavy atom. The number of amides is 2. The van der Waals surface area contributed by atoms with Gasteiger partial charge in [0.25, 0.3) is 11.8 Å². The fraction of sp³-hybridized carbons (Fsp3) is 0.480.